The summed E-state index contributed by atoms with van der Waals surface area (Å²) in [4.78, 5) is 9.94. The molecular weight excluding hydrogens is 272 g/mol. The van der Waals surface area contributed by atoms with Gasteiger partial charge < -0.3 is 10.1 Å². The minimum atomic E-state index is -4.47. The summed E-state index contributed by atoms with van der Waals surface area (Å²) in [7, 11) is -3.03. The number of anilines is 1. The van der Waals surface area contributed by atoms with Crippen LogP contribution in [-0.4, -0.2) is 38.2 Å². The summed E-state index contributed by atoms with van der Waals surface area (Å²) in [5, 5.41) is 14.3. The van der Waals surface area contributed by atoms with Crippen molar-refractivity contribution in [3.8, 4) is 0 Å². The van der Waals surface area contributed by atoms with Crippen LogP contribution in [0.4, 0.5) is 11.4 Å². The van der Waals surface area contributed by atoms with Crippen LogP contribution in [0.2, 0.25) is 0 Å². The van der Waals surface area contributed by atoms with E-state index in [0.29, 0.717) is 11.3 Å². The lowest BCUT2D eigenvalue weighted by molar-refractivity contribution is -0.383. The van der Waals surface area contributed by atoms with E-state index in [9.17, 15) is 18.5 Å². The maximum Gasteiger partial charge on any atom is 0.306 e. The highest BCUT2D eigenvalue weighted by Crippen LogP contribution is 2.37. The van der Waals surface area contributed by atoms with Crippen molar-refractivity contribution >= 4 is 32.8 Å². The van der Waals surface area contributed by atoms with Gasteiger partial charge >= 0.3 is 15.8 Å². The van der Waals surface area contributed by atoms with Gasteiger partial charge in [-0.05, 0) is 0 Å². The molecule has 10 heteroatoms. The summed E-state index contributed by atoms with van der Waals surface area (Å²) in [5.41, 5.74) is -0.599. The van der Waals surface area contributed by atoms with Crippen LogP contribution >= 0.6 is 11.3 Å². The fourth-order valence-corrected chi connectivity index (χ4v) is 2.88. The zero-order valence-electron chi connectivity index (χ0n) is 8.74. The first-order valence-electron chi connectivity index (χ1n) is 4.34. The van der Waals surface area contributed by atoms with Gasteiger partial charge in [-0.25, -0.2) is 0 Å². The molecule has 0 unspecified atom stereocenters. The minimum Gasteiger partial charge on any atom is -0.383 e. The highest BCUT2D eigenvalue weighted by molar-refractivity contribution is 7.88. The van der Waals surface area contributed by atoms with Crippen molar-refractivity contribution in [3.05, 3.63) is 15.5 Å². The zero-order valence-corrected chi connectivity index (χ0v) is 10.4. The standard InChI is InChI=1S/C7H10N2O6S2/c1-15-3-2-8-6-5(9(10)11)4-16-7(6)17(12,13)14/h4,8H,2-3H2,1H3,(H,12,13,14). The second kappa shape index (κ2) is 5.40. The number of ether oxygens (including phenoxy) is 1. The van der Waals surface area contributed by atoms with Crippen molar-refractivity contribution in [1.82, 2.24) is 0 Å². The molecule has 0 fully saturated rings. The van der Waals surface area contributed by atoms with E-state index < -0.39 is 24.9 Å². The molecule has 0 aliphatic rings. The molecule has 1 rings (SSSR count). The molecule has 0 aliphatic heterocycles. The highest BCUT2D eigenvalue weighted by atomic mass is 32.3. The summed E-state index contributed by atoms with van der Waals surface area (Å²) in [6.45, 7) is 0.439. The third kappa shape index (κ3) is 3.36. The fourth-order valence-electron chi connectivity index (χ4n) is 1.10. The molecule has 1 heterocycles. The van der Waals surface area contributed by atoms with Crippen LogP contribution in [0.25, 0.3) is 0 Å². The van der Waals surface area contributed by atoms with Crippen LogP contribution < -0.4 is 5.32 Å². The van der Waals surface area contributed by atoms with Crippen molar-refractivity contribution < 1.29 is 22.6 Å². The lowest BCUT2D eigenvalue weighted by Gasteiger charge is -2.04. The second-order valence-electron chi connectivity index (χ2n) is 2.94. The Hall–Kier alpha value is -1.23. The van der Waals surface area contributed by atoms with Gasteiger partial charge in [-0.2, -0.15) is 8.42 Å². The van der Waals surface area contributed by atoms with Crippen LogP contribution in [0.3, 0.4) is 0 Å². The van der Waals surface area contributed by atoms with Crippen LogP contribution in [-0.2, 0) is 14.9 Å². The summed E-state index contributed by atoms with van der Waals surface area (Å²) in [6.07, 6.45) is 0. The number of nitrogens with zero attached hydrogens (tertiary/aromatic N) is 1. The summed E-state index contributed by atoms with van der Waals surface area (Å²) < 4.78 is 35.2. The van der Waals surface area contributed by atoms with Gasteiger partial charge in [0, 0.05) is 13.7 Å². The summed E-state index contributed by atoms with van der Waals surface area (Å²) >= 11 is 0.587. The Morgan fingerprint density at radius 3 is 2.76 bits per heavy atom. The Kier molecular flexibility index (Phi) is 4.40. The van der Waals surface area contributed by atoms with E-state index in [1.807, 2.05) is 0 Å². The smallest absolute Gasteiger partial charge is 0.306 e. The van der Waals surface area contributed by atoms with Crippen LogP contribution in [0.1, 0.15) is 0 Å². The molecule has 1 aromatic rings. The molecular formula is C7H10N2O6S2. The van der Waals surface area contributed by atoms with E-state index >= 15 is 0 Å². The maximum atomic E-state index is 11.0. The average molecular weight is 282 g/mol. The van der Waals surface area contributed by atoms with Crippen molar-refractivity contribution in [1.29, 1.82) is 0 Å². The average Bonchev–Trinajstić information content (AvgIpc) is 2.61. The molecule has 96 valence electrons. The number of rotatable bonds is 6. The summed E-state index contributed by atoms with van der Waals surface area (Å²) in [6, 6.07) is 0. The Balaban J connectivity index is 3.11. The molecule has 0 atom stereocenters. The number of hydrogen-bond acceptors (Lipinski definition) is 7. The fraction of sp³-hybridized carbons (Fsp3) is 0.429. The number of nitrogens with one attached hydrogen (secondary N) is 1. The number of hydrogen-bond donors (Lipinski definition) is 2. The second-order valence-corrected chi connectivity index (χ2v) is 5.43. The molecule has 0 saturated carbocycles. The molecule has 0 aromatic carbocycles. The van der Waals surface area contributed by atoms with Gasteiger partial charge in [0.2, 0.25) is 0 Å². The Bertz CT molecular complexity index is 508. The van der Waals surface area contributed by atoms with Gasteiger partial charge in [-0.3, -0.25) is 14.7 Å². The molecule has 1 aromatic heterocycles. The monoisotopic (exact) mass is 282 g/mol. The van der Waals surface area contributed by atoms with Crippen molar-refractivity contribution in [3.63, 3.8) is 0 Å². The van der Waals surface area contributed by atoms with Crippen molar-refractivity contribution in [2.75, 3.05) is 25.6 Å². The van der Waals surface area contributed by atoms with Gasteiger partial charge in [0.25, 0.3) is 0 Å². The number of thiophene rings is 1. The third-order valence-corrected chi connectivity index (χ3v) is 4.13. The van der Waals surface area contributed by atoms with Crippen LogP contribution in [0.15, 0.2) is 9.59 Å². The predicted molar refractivity (Wildman–Crippen MR) is 61.2 cm³/mol. The molecule has 0 bridgehead atoms. The SMILES string of the molecule is COCCNc1c([N+](=O)[O-])csc1S(=O)(=O)O. The van der Waals surface area contributed by atoms with Crippen LogP contribution in [0.5, 0.6) is 0 Å². The molecule has 17 heavy (non-hydrogen) atoms. The number of methoxy groups -OCH3 is 1. The third-order valence-electron chi connectivity index (χ3n) is 1.78. The molecule has 8 nitrogen and oxygen atoms in total. The zero-order chi connectivity index (χ0) is 13.1. The van der Waals surface area contributed by atoms with Crippen molar-refractivity contribution in [2.24, 2.45) is 0 Å². The first kappa shape index (κ1) is 13.8. The lowest BCUT2D eigenvalue weighted by atomic mass is 10.4. The van der Waals surface area contributed by atoms with Gasteiger partial charge in [-0.15, -0.1) is 11.3 Å². The first-order valence-corrected chi connectivity index (χ1v) is 6.66. The molecule has 0 saturated heterocycles. The van der Waals surface area contributed by atoms with E-state index in [-0.39, 0.29) is 18.8 Å². The van der Waals surface area contributed by atoms with E-state index in [1.165, 1.54) is 7.11 Å². The van der Waals surface area contributed by atoms with E-state index in [4.69, 9.17) is 9.29 Å². The maximum absolute atomic E-state index is 11.0. The van der Waals surface area contributed by atoms with Crippen LogP contribution in [0, 0.1) is 10.1 Å². The quantitative estimate of drug-likeness (QED) is 0.345. The molecule has 0 amide bonds. The predicted octanol–water partition coefficient (Wildman–Crippen LogP) is 0.961. The topological polar surface area (TPSA) is 119 Å². The Morgan fingerprint density at radius 2 is 2.29 bits per heavy atom. The molecule has 0 aliphatic carbocycles. The molecule has 0 spiro atoms. The first-order chi connectivity index (χ1) is 7.88. The number of nitro groups is 1. The highest BCUT2D eigenvalue weighted by Gasteiger charge is 2.27. The Labute approximate surface area is 101 Å². The molecule has 0 radical (unpaired) electrons. The Morgan fingerprint density at radius 1 is 1.65 bits per heavy atom. The van der Waals surface area contributed by atoms with Gasteiger partial charge in [0.1, 0.15) is 5.69 Å². The molecule has 2 N–H and O–H groups in total. The normalized spacial score (nSPS) is 11.4. The van der Waals surface area contributed by atoms with E-state index in [1.54, 1.807) is 0 Å². The van der Waals surface area contributed by atoms with E-state index in [2.05, 4.69) is 5.32 Å². The lowest BCUT2D eigenvalue weighted by Crippen LogP contribution is -2.10. The van der Waals surface area contributed by atoms with E-state index in [0.717, 1.165) is 5.38 Å². The summed E-state index contributed by atoms with van der Waals surface area (Å²) in [5.74, 6) is 0. The van der Waals surface area contributed by atoms with Crippen molar-refractivity contribution in [2.45, 2.75) is 4.21 Å². The van der Waals surface area contributed by atoms with Gasteiger partial charge in [0.15, 0.2) is 4.21 Å². The minimum absolute atomic E-state index is 0.191. The van der Waals surface area contributed by atoms with Gasteiger partial charge in [-0.1, -0.05) is 0 Å². The largest absolute Gasteiger partial charge is 0.383 e. The van der Waals surface area contributed by atoms with Gasteiger partial charge in [0.05, 0.1) is 16.9 Å².